The number of anilines is 1. The lowest BCUT2D eigenvalue weighted by atomic mass is 10.0. The predicted molar refractivity (Wildman–Crippen MR) is 61.6 cm³/mol. The molecule has 0 spiro atoms. The molecule has 0 unspecified atom stereocenters. The second-order valence-corrected chi connectivity index (χ2v) is 3.75. The van der Waals surface area contributed by atoms with E-state index in [9.17, 15) is 8.78 Å². The summed E-state index contributed by atoms with van der Waals surface area (Å²) in [6.07, 6.45) is 1.39. The lowest BCUT2D eigenvalue weighted by Crippen LogP contribution is -1.92. The fourth-order valence-corrected chi connectivity index (χ4v) is 1.75. The van der Waals surface area contributed by atoms with E-state index in [0.717, 1.165) is 12.1 Å². The van der Waals surface area contributed by atoms with Gasteiger partial charge >= 0.3 is 0 Å². The van der Waals surface area contributed by atoms with Crippen LogP contribution in [0, 0.1) is 11.6 Å². The summed E-state index contributed by atoms with van der Waals surface area (Å²) in [7, 11) is 0. The molecule has 0 saturated carbocycles. The number of aromatic amines is 1. The number of benzene rings is 1. The number of nitrogens with two attached hydrogens (primary N) is 1. The molecular weight excluding hydrogens is 256 g/mol. The van der Waals surface area contributed by atoms with Gasteiger partial charge in [0.05, 0.1) is 11.8 Å². The Balaban J connectivity index is 2.22. The number of hydrogen-bond acceptors (Lipinski definition) is 5. The maximum absolute atomic E-state index is 13.8. The molecule has 19 heavy (non-hydrogen) atoms. The molecule has 2 aromatic heterocycles. The van der Waals surface area contributed by atoms with E-state index in [4.69, 9.17) is 10.3 Å². The highest BCUT2D eigenvalue weighted by atomic mass is 19.1. The standard InChI is InChI=1S/C11H7F2N5O/c12-5-1-2-6(7(13)3-5)9-10(17-19-11(9)14)8-4-15-18-16-8/h1-4H,14H2,(H,15,16,18). The van der Waals surface area contributed by atoms with E-state index >= 15 is 0 Å². The Bertz CT molecular complexity index is 723. The molecule has 0 aliphatic heterocycles. The summed E-state index contributed by atoms with van der Waals surface area (Å²) in [5.41, 5.74) is 6.51. The number of hydrogen-bond donors (Lipinski definition) is 2. The maximum Gasteiger partial charge on any atom is 0.230 e. The molecule has 0 aliphatic carbocycles. The summed E-state index contributed by atoms with van der Waals surface area (Å²) < 4.78 is 31.6. The Kier molecular flexibility index (Phi) is 2.48. The lowest BCUT2D eigenvalue weighted by Gasteiger charge is -2.02. The second-order valence-electron chi connectivity index (χ2n) is 3.75. The lowest BCUT2D eigenvalue weighted by molar-refractivity contribution is 0.439. The van der Waals surface area contributed by atoms with Crippen LogP contribution >= 0.6 is 0 Å². The molecule has 0 saturated heterocycles. The summed E-state index contributed by atoms with van der Waals surface area (Å²) >= 11 is 0. The number of rotatable bonds is 2. The van der Waals surface area contributed by atoms with Gasteiger partial charge in [-0.15, -0.1) is 0 Å². The minimum atomic E-state index is -0.764. The van der Waals surface area contributed by atoms with Crippen molar-refractivity contribution in [1.29, 1.82) is 0 Å². The smallest absolute Gasteiger partial charge is 0.230 e. The van der Waals surface area contributed by atoms with Crippen LogP contribution in [-0.4, -0.2) is 20.6 Å². The summed E-state index contributed by atoms with van der Waals surface area (Å²) in [6, 6.07) is 3.14. The highest BCUT2D eigenvalue weighted by molar-refractivity contribution is 5.85. The topological polar surface area (TPSA) is 93.6 Å². The zero-order valence-corrected chi connectivity index (χ0v) is 9.39. The van der Waals surface area contributed by atoms with Crippen LogP contribution in [0.3, 0.4) is 0 Å². The molecule has 3 aromatic rings. The van der Waals surface area contributed by atoms with E-state index in [1.54, 1.807) is 0 Å². The molecular formula is C11H7F2N5O. The van der Waals surface area contributed by atoms with Crippen molar-refractivity contribution in [3.05, 3.63) is 36.0 Å². The number of H-pyrrole nitrogens is 1. The summed E-state index contributed by atoms with van der Waals surface area (Å²) in [6.45, 7) is 0. The van der Waals surface area contributed by atoms with Crippen LogP contribution in [0.2, 0.25) is 0 Å². The fourth-order valence-electron chi connectivity index (χ4n) is 1.75. The van der Waals surface area contributed by atoms with Crippen molar-refractivity contribution in [3.8, 4) is 22.5 Å². The molecule has 0 aliphatic rings. The monoisotopic (exact) mass is 263 g/mol. The van der Waals surface area contributed by atoms with Crippen LogP contribution in [-0.2, 0) is 0 Å². The third-order valence-corrected chi connectivity index (χ3v) is 2.58. The van der Waals surface area contributed by atoms with Gasteiger partial charge in [-0.1, -0.05) is 5.16 Å². The van der Waals surface area contributed by atoms with Gasteiger partial charge in [-0.05, 0) is 12.1 Å². The quantitative estimate of drug-likeness (QED) is 0.737. The molecule has 1 aromatic carbocycles. The van der Waals surface area contributed by atoms with Gasteiger partial charge in [-0.3, -0.25) is 0 Å². The van der Waals surface area contributed by atoms with Crippen molar-refractivity contribution in [2.24, 2.45) is 0 Å². The average molecular weight is 263 g/mol. The van der Waals surface area contributed by atoms with Crippen LogP contribution < -0.4 is 5.73 Å². The minimum absolute atomic E-state index is 0.0801. The van der Waals surface area contributed by atoms with E-state index in [-0.39, 0.29) is 22.7 Å². The van der Waals surface area contributed by atoms with Crippen molar-refractivity contribution in [2.75, 3.05) is 5.73 Å². The van der Waals surface area contributed by atoms with Crippen LogP contribution in [0.1, 0.15) is 0 Å². The highest BCUT2D eigenvalue weighted by Gasteiger charge is 2.22. The van der Waals surface area contributed by atoms with Crippen molar-refractivity contribution in [1.82, 2.24) is 20.6 Å². The molecule has 0 fully saturated rings. The van der Waals surface area contributed by atoms with Gasteiger partial charge in [-0.2, -0.15) is 15.4 Å². The Morgan fingerprint density at radius 1 is 1.26 bits per heavy atom. The minimum Gasteiger partial charge on any atom is -0.367 e. The number of nitrogens with one attached hydrogen (secondary N) is 1. The van der Waals surface area contributed by atoms with Crippen molar-refractivity contribution in [2.45, 2.75) is 0 Å². The first-order valence-corrected chi connectivity index (χ1v) is 5.23. The van der Waals surface area contributed by atoms with E-state index in [2.05, 4.69) is 20.6 Å². The van der Waals surface area contributed by atoms with E-state index in [1.165, 1.54) is 12.3 Å². The predicted octanol–water partition coefficient (Wildman–Crippen LogP) is 1.99. The van der Waals surface area contributed by atoms with E-state index < -0.39 is 11.6 Å². The molecule has 3 rings (SSSR count). The second kappa shape index (κ2) is 4.16. The number of nitrogen functional groups attached to an aromatic ring is 1. The van der Waals surface area contributed by atoms with Gasteiger partial charge in [0, 0.05) is 11.6 Å². The van der Waals surface area contributed by atoms with Crippen molar-refractivity contribution in [3.63, 3.8) is 0 Å². The SMILES string of the molecule is Nc1onc(-c2cn[nH]n2)c1-c1ccc(F)cc1F. The van der Waals surface area contributed by atoms with Gasteiger partial charge in [0.25, 0.3) is 0 Å². The first kappa shape index (κ1) is 11.3. The van der Waals surface area contributed by atoms with Crippen molar-refractivity contribution < 1.29 is 13.3 Å². The zero-order valence-electron chi connectivity index (χ0n) is 9.39. The van der Waals surface area contributed by atoms with Crippen LogP contribution in [0.5, 0.6) is 0 Å². The summed E-state index contributed by atoms with van der Waals surface area (Å²) in [5, 5.41) is 13.6. The number of halogens is 2. The van der Waals surface area contributed by atoms with Gasteiger partial charge in [0.1, 0.15) is 23.0 Å². The molecule has 8 heteroatoms. The van der Waals surface area contributed by atoms with Crippen LogP contribution in [0.25, 0.3) is 22.5 Å². The normalized spacial score (nSPS) is 10.8. The molecule has 0 radical (unpaired) electrons. The molecule has 3 N–H and O–H groups in total. The Morgan fingerprint density at radius 3 is 2.79 bits per heavy atom. The van der Waals surface area contributed by atoms with Crippen LogP contribution in [0.4, 0.5) is 14.7 Å². The Morgan fingerprint density at radius 2 is 2.11 bits per heavy atom. The van der Waals surface area contributed by atoms with Crippen LogP contribution in [0.15, 0.2) is 28.9 Å². The largest absolute Gasteiger partial charge is 0.367 e. The third-order valence-electron chi connectivity index (χ3n) is 2.58. The molecule has 0 atom stereocenters. The molecule has 0 amide bonds. The Labute approximate surface area is 105 Å². The zero-order chi connectivity index (χ0) is 13.4. The highest BCUT2D eigenvalue weighted by Crippen LogP contribution is 2.36. The Hall–Kier alpha value is -2.77. The van der Waals surface area contributed by atoms with E-state index in [0.29, 0.717) is 5.69 Å². The third kappa shape index (κ3) is 1.82. The van der Waals surface area contributed by atoms with Gasteiger partial charge < -0.3 is 10.3 Å². The molecule has 2 heterocycles. The molecule has 6 nitrogen and oxygen atoms in total. The first-order valence-electron chi connectivity index (χ1n) is 5.23. The fraction of sp³-hybridized carbons (Fsp3) is 0. The van der Waals surface area contributed by atoms with Gasteiger partial charge in [0.2, 0.25) is 5.88 Å². The molecule has 96 valence electrons. The van der Waals surface area contributed by atoms with E-state index in [1.807, 2.05) is 0 Å². The molecule has 0 bridgehead atoms. The van der Waals surface area contributed by atoms with Crippen molar-refractivity contribution >= 4 is 5.88 Å². The summed E-state index contributed by atoms with van der Waals surface area (Å²) in [4.78, 5) is 0. The average Bonchev–Trinajstić information content (AvgIpc) is 2.99. The summed E-state index contributed by atoms with van der Waals surface area (Å²) in [5.74, 6) is -1.53. The van der Waals surface area contributed by atoms with Gasteiger partial charge in [-0.25, -0.2) is 8.78 Å². The van der Waals surface area contributed by atoms with Gasteiger partial charge in [0.15, 0.2) is 0 Å². The number of aromatic nitrogens is 4. The number of nitrogens with zero attached hydrogens (tertiary/aromatic N) is 3. The maximum atomic E-state index is 13.8. The first-order chi connectivity index (χ1) is 9.16.